The van der Waals surface area contributed by atoms with Gasteiger partial charge in [0.25, 0.3) is 0 Å². The molecule has 1 nitrogen and oxygen atoms in total. The average molecular weight is 411 g/mol. The van der Waals surface area contributed by atoms with Gasteiger partial charge in [-0.05, 0) is 66.1 Å². The lowest BCUT2D eigenvalue weighted by atomic mass is 9.86. The molecule has 2 unspecified atom stereocenters. The standard InChI is InChI=1S/C22H19F6N/c23-21(24,25)18-9-17(10-19(11-18)22(26,27)28)14-5-7-20(8-6-14)29-12-15-3-1-2-4-16(15)13-29/h1-2,5-11,15-16H,3-4,12-13H2. The van der Waals surface area contributed by atoms with Crippen molar-refractivity contribution in [2.75, 3.05) is 18.0 Å². The van der Waals surface area contributed by atoms with E-state index in [9.17, 15) is 26.3 Å². The summed E-state index contributed by atoms with van der Waals surface area (Å²) in [5.41, 5.74) is -1.45. The van der Waals surface area contributed by atoms with Gasteiger partial charge in [0, 0.05) is 18.8 Å². The van der Waals surface area contributed by atoms with Gasteiger partial charge in [-0.3, -0.25) is 0 Å². The molecule has 1 heterocycles. The zero-order valence-corrected chi connectivity index (χ0v) is 15.4. The molecule has 29 heavy (non-hydrogen) atoms. The van der Waals surface area contributed by atoms with Gasteiger partial charge in [-0.2, -0.15) is 26.3 Å². The van der Waals surface area contributed by atoms with E-state index in [1.165, 1.54) is 0 Å². The van der Waals surface area contributed by atoms with Crippen LogP contribution >= 0.6 is 0 Å². The Morgan fingerprint density at radius 3 is 1.59 bits per heavy atom. The third-order valence-electron chi connectivity index (χ3n) is 5.77. The Labute approximate surface area is 164 Å². The van der Waals surface area contributed by atoms with Gasteiger partial charge in [0.15, 0.2) is 0 Å². The van der Waals surface area contributed by atoms with Gasteiger partial charge < -0.3 is 4.90 Å². The second-order valence-electron chi connectivity index (χ2n) is 7.71. The molecule has 0 aromatic heterocycles. The molecule has 1 aliphatic carbocycles. The fourth-order valence-corrected chi connectivity index (χ4v) is 4.21. The maximum absolute atomic E-state index is 13.1. The Morgan fingerprint density at radius 2 is 1.14 bits per heavy atom. The Hall–Kier alpha value is -2.44. The molecule has 2 aromatic carbocycles. The number of fused-ring (bicyclic) bond motifs is 1. The molecule has 0 N–H and O–H groups in total. The number of benzene rings is 2. The molecule has 4 rings (SSSR count). The van der Waals surface area contributed by atoms with Gasteiger partial charge in [0.05, 0.1) is 11.1 Å². The first-order chi connectivity index (χ1) is 13.6. The van der Waals surface area contributed by atoms with Gasteiger partial charge in [-0.15, -0.1) is 0 Å². The zero-order chi connectivity index (χ0) is 20.8. The summed E-state index contributed by atoms with van der Waals surface area (Å²) >= 11 is 0. The van der Waals surface area contributed by atoms with Crippen LogP contribution in [0, 0.1) is 11.8 Å². The van der Waals surface area contributed by atoms with Crippen molar-refractivity contribution >= 4 is 5.69 Å². The summed E-state index contributed by atoms with van der Waals surface area (Å²) in [7, 11) is 0. The minimum Gasteiger partial charge on any atom is -0.371 e. The maximum Gasteiger partial charge on any atom is 0.416 e. The Morgan fingerprint density at radius 1 is 0.655 bits per heavy atom. The average Bonchev–Trinajstić information content (AvgIpc) is 3.10. The highest BCUT2D eigenvalue weighted by molar-refractivity contribution is 5.68. The molecule has 2 aromatic rings. The van der Waals surface area contributed by atoms with Crippen molar-refractivity contribution < 1.29 is 26.3 Å². The van der Waals surface area contributed by atoms with E-state index in [0.29, 0.717) is 17.4 Å². The fraction of sp³-hybridized carbons (Fsp3) is 0.364. The first kappa shape index (κ1) is 19.9. The quantitative estimate of drug-likeness (QED) is 0.388. The highest BCUT2D eigenvalue weighted by Crippen LogP contribution is 2.40. The molecule has 0 bridgehead atoms. The highest BCUT2D eigenvalue weighted by atomic mass is 19.4. The summed E-state index contributed by atoms with van der Waals surface area (Å²) in [5, 5.41) is 0. The van der Waals surface area contributed by atoms with E-state index in [1.807, 2.05) is 0 Å². The molecule has 0 spiro atoms. The molecule has 1 aliphatic heterocycles. The summed E-state index contributed by atoms with van der Waals surface area (Å²) in [4.78, 5) is 2.24. The molecule has 1 fully saturated rings. The molecule has 0 radical (unpaired) electrons. The van der Waals surface area contributed by atoms with Crippen LogP contribution in [-0.4, -0.2) is 13.1 Å². The Bertz CT molecular complexity index is 862. The van der Waals surface area contributed by atoms with E-state index in [0.717, 1.165) is 43.8 Å². The molecule has 0 amide bonds. The molecule has 2 aliphatic rings. The van der Waals surface area contributed by atoms with Crippen molar-refractivity contribution in [1.29, 1.82) is 0 Å². The molecule has 7 heteroatoms. The topological polar surface area (TPSA) is 3.24 Å². The van der Waals surface area contributed by atoms with Crippen LogP contribution in [0.5, 0.6) is 0 Å². The molecule has 2 atom stereocenters. The van der Waals surface area contributed by atoms with Crippen LogP contribution in [0.2, 0.25) is 0 Å². The minimum absolute atomic E-state index is 0.0991. The first-order valence-corrected chi connectivity index (χ1v) is 9.41. The fourth-order valence-electron chi connectivity index (χ4n) is 4.21. The number of hydrogen-bond donors (Lipinski definition) is 0. The lowest BCUT2D eigenvalue weighted by Crippen LogP contribution is -2.19. The van der Waals surface area contributed by atoms with Crippen LogP contribution in [0.4, 0.5) is 32.0 Å². The summed E-state index contributed by atoms with van der Waals surface area (Å²) in [5.74, 6) is 1.19. The maximum atomic E-state index is 13.1. The normalized spacial score (nSPS) is 22.1. The van der Waals surface area contributed by atoms with Crippen LogP contribution in [0.1, 0.15) is 24.0 Å². The van der Waals surface area contributed by atoms with Crippen molar-refractivity contribution in [1.82, 2.24) is 0 Å². The minimum atomic E-state index is -4.85. The van der Waals surface area contributed by atoms with Crippen LogP contribution < -0.4 is 4.90 Å². The van der Waals surface area contributed by atoms with Gasteiger partial charge in [-0.25, -0.2) is 0 Å². The molecule has 1 saturated heterocycles. The SMILES string of the molecule is FC(F)(F)c1cc(-c2ccc(N3CC4CC=CCC4C3)cc2)cc(C(F)(F)F)c1. The van der Waals surface area contributed by atoms with Crippen LogP contribution in [-0.2, 0) is 12.4 Å². The molecule has 154 valence electrons. The molecular formula is C22H19F6N. The van der Waals surface area contributed by atoms with Crippen molar-refractivity contribution in [2.45, 2.75) is 25.2 Å². The highest BCUT2D eigenvalue weighted by Gasteiger charge is 2.37. The van der Waals surface area contributed by atoms with Gasteiger partial charge in [0.1, 0.15) is 0 Å². The largest absolute Gasteiger partial charge is 0.416 e. The lowest BCUT2D eigenvalue weighted by molar-refractivity contribution is -0.143. The van der Waals surface area contributed by atoms with Crippen LogP contribution in [0.15, 0.2) is 54.6 Å². The number of allylic oxidation sites excluding steroid dienone is 2. The van der Waals surface area contributed by atoms with Crippen LogP contribution in [0.25, 0.3) is 11.1 Å². The summed E-state index contributed by atoms with van der Waals surface area (Å²) in [6.07, 6.45) is -3.22. The second-order valence-corrected chi connectivity index (χ2v) is 7.71. The zero-order valence-electron chi connectivity index (χ0n) is 15.4. The smallest absolute Gasteiger partial charge is 0.371 e. The summed E-state index contributed by atoms with van der Waals surface area (Å²) in [6.45, 7) is 1.83. The monoisotopic (exact) mass is 411 g/mol. The Balaban J connectivity index is 1.62. The van der Waals surface area contributed by atoms with Crippen molar-refractivity contribution in [3.05, 3.63) is 65.7 Å². The van der Waals surface area contributed by atoms with E-state index >= 15 is 0 Å². The van der Waals surface area contributed by atoms with Gasteiger partial charge >= 0.3 is 12.4 Å². The van der Waals surface area contributed by atoms with Crippen LogP contribution in [0.3, 0.4) is 0 Å². The predicted molar refractivity (Wildman–Crippen MR) is 99.4 cm³/mol. The third-order valence-corrected chi connectivity index (χ3v) is 5.77. The van der Waals surface area contributed by atoms with E-state index in [4.69, 9.17) is 0 Å². The number of nitrogens with zero attached hydrogens (tertiary/aromatic N) is 1. The second kappa shape index (κ2) is 7.11. The van der Waals surface area contributed by atoms with Crippen molar-refractivity contribution in [3.63, 3.8) is 0 Å². The number of alkyl halides is 6. The number of rotatable bonds is 2. The van der Waals surface area contributed by atoms with Gasteiger partial charge in [-0.1, -0.05) is 24.3 Å². The molecular weight excluding hydrogens is 392 g/mol. The van der Waals surface area contributed by atoms with E-state index < -0.39 is 23.5 Å². The number of anilines is 1. The third kappa shape index (κ3) is 4.14. The van der Waals surface area contributed by atoms with Gasteiger partial charge in [0.2, 0.25) is 0 Å². The number of halogens is 6. The number of hydrogen-bond acceptors (Lipinski definition) is 1. The summed E-state index contributed by atoms with van der Waals surface area (Å²) < 4.78 is 78.5. The van der Waals surface area contributed by atoms with Crippen molar-refractivity contribution in [3.8, 4) is 11.1 Å². The summed E-state index contributed by atoms with van der Waals surface area (Å²) in [6, 6.07) is 8.40. The Kier molecular flexibility index (Phi) is 4.87. The van der Waals surface area contributed by atoms with E-state index in [1.54, 1.807) is 24.3 Å². The van der Waals surface area contributed by atoms with E-state index in [2.05, 4.69) is 17.1 Å². The predicted octanol–water partition coefficient (Wildman–Crippen LogP) is 6.79. The molecule has 0 saturated carbocycles. The van der Waals surface area contributed by atoms with E-state index in [-0.39, 0.29) is 11.6 Å². The van der Waals surface area contributed by atoms with Crippen molar-refractivity contribution in [2.24, 2.45) is 11.8 Å². The first-order valence-electron chi connectivity index (χ1n) is 9.41. The lowest BCUT2D eigenvalue weighted by Gasteiger charge is -2.19.